The lowest BCUT2D eigenvalue weighted by atomic mass is 10.1. The first-order valence-electron chi connectivity index (χ1n) is 8.35. The number of imidazole rings is 1. The number of nitrogens with one attached hydrogen (secondary N) is 1. The number of anilines is 1. The molecule has 3 aromatic rings. The average Bonchev–Trinajstić information content (AvgIpc) is 3.02. The fourth-order valence-corrected chi connectivity index (χ4v) is 2.70. The minimum absolute atomic E-state index is 0.182. The number of carbonyl (C=O) groups is 1. The molecule has 0 aliphatic heterocycles. The Kier molecular flexibility index (Phi) is 5.18. The first-order chi connectivity index (χ1) is 12.2. The van der Waals surface area contributed by atoms with E-state index in [-0.39, 0.29) is 5.91 Å². The third-order valence-electron chi connectivity index (χ3n) is 4.06. The SMILES string of the molecule is CCCc1ncncc1C(=O)Nc1ccccc1Cn1ccnc1C. The van der Waals surface area contributed by atoms with E-state index in [0.29, 0.717) is 12.1 Å². The van der Waals surface area contributed by atoms with Crippen molar-refractivity contribution in [2.75, 3.05) is 5.32 Å². The van der Waals surface area contributed by atoms with Crippen LogP contribution in [0.15, 0.2) is 49.2 Å². The average molecular weight is 335 g/mol. The van der Waals surface area contributed by atoms with E-state index >= 15 is 0 Å². The van der Waals surface area contributed by atoms with Crippen LogP contribution in [0.4, 0.5) is 5.69 Å². The third kappa shape index (κ3) is 3.91. The van der Waals surface area contributed by atoms with Crippen LogP contribution in [0.5, 0.6) is 0 Å². The van der Waals surface area contributed by atoms with Crippen molar-refractivity contribution in [1.29, 1.82) is 0 Å². The predicted octanol–water partition coefficient (Wildman–Crippen LogP) is 3.23. The lowest BCUT2D eigenvalue weighted by Crippen LogP contribution is -2.17. The molecule has 1 aromatic carbocycles. The Balaban J connectivity index is 1.84. The number of aromatic nitrogens is 4. The predicted molar refractivity (Wildman–Crippen MR) is 96.5 cm³/mol. The van der Waals surface area contributed by atoms with Gasteiger partial charge >= 0.3 is 0 Å². The van der Waals surface area contributed by atoms with Gasteiger partial charge in [-0.05, 0) is 25.0 Å². The molecule has 0 unspecified atom stereocenters. The van der Waals surface area contributed by atoms with Crippen molar-refractivity contribution in [3.8, 4) is 0 Å². The van der Waals surface area contributed by atoms with Crippen molar-refractivity contribution >= 4 is 11.6 Å². The van der Waals surface area contributed by atoms with Gasteiger partial charge in [0.05, 0.1) is 17.8 Å². The molecule has 3 rings (SSSR count). The number of carbonyl (C=O) groups excluding carboxylic acids is 1. The summed E-state index contributed by atoms with van der Waals surface area (Å²) in [5.41, 5.74) is 3.11. The number of amides is 1. The van der Waals surface area contributed by atoms with Crippen LogP contribution in [0.25, 0.3) is 0 Å². The van der Waals surface area contributed by atoms with Gasteiger partial charge in [0.15, 0.2) is 0 Å². The molecule has 2 heterocycles. The highest BCUT2D eigenvalue weighted by Crippen LogP contribution is 2.19. The molecular formula is C19H21N5O. The van der Waals surface area contributed by atoms with Gasteiger partial charge in [0.2, 0.25) is 0 Å². The second-order valence-electron chi connectivity index (χ2n) is 5.85. The van der Waals surface area contributed by atoms with Crippen molar-refractivity contribution < 1.29 is 4.79 Å². The summed E-state index contributed by atoms with van der Waals surface area (Å²) >= 11 is 0. The fourth-order valence-electron chi connectivity index (χ4n) is 2.70. The maximum Gasteiger partial charge on any atom is 0.259 e. The molecule has 0 saturated heterocycles. The van der Waals surface area contributed by atoms with Crippen LogP contribution in [-0.2, 0) is 13.0 Å². The molecule has 0 aliphatic carbocycles. The van der Waals surface area contributed by atoms with Gasteiger partial charge in [0.1, 0.15) is 12.2 Å². The van der Waals surface area contributed by atoms with Gasteiger partial charge in [0, 0.05) is 24.3 Å². The minimum atomic E-state index is -0.182. The Morgan fingerprint density at radius 3 is 2.84 bits per heavy atom. The van der Waals surface area contributed by atoms with E-state index in [2.05, 4.69) is 27.2 Å². The maximum atomic E-state index is 12.7. The maximum absolute atomic E-state index is 12.7. The van der Waals surface area contributed by atoms with E-state index in [9.17, 15) is 4.79 Å². The van der Waals surface area contributed by atoms with Gasteiger partial charge in [-0.2, -0.15) is 0 Å². The highest BCUT2D eigenvalue weighted by atomic mass is 16.1. The van der Waals surface area contributed by atoms with Crippen LogP contribution in [0.1, 0.15) is 40.8 Å². The van der Waals surface area contributed by atoms with Gasteiger partial charge < -0.3 is 9.88 Å². The van der Waals surface area contributed by atoms with Gasteiger partial charge in [-0.3, -0.25) is 4.79 Å². The largest absolute Gasteiger partial charge is 0.331 e. The minimum Gasteiger partial charge on any atom is -0.331 e. The molecule has 0 spiro atoms. The second kappa shape index (κ2) is 7.70. The summed E-state index contributed by atoms with van der Waals surface area (Å²) < 4.78 is 2.04. The van der Waals surface area contributed by atoms with E-state index in [4.69, 9.17) is 0 Å². The van der Waals surface area contributed by atoms with Crippen LogP contribution >= 0.6 is 0 Å². The molecule has 1 amide bonds. The summed E-state index contributed by atoms with van der Waals surface area (Å²) in [5.74, 6) is 0.752. The molecule has 6 heteroatoms. The van der Waals surface area contributed by atoms with Crippen LogP contribution in [0.3, 0.4) is 0 Å². The Hall–Kier alpha value is -3.02. The molecule has 2 aromatic heterocycles. The zero-order chi connectivity index (χ0) is 17.6. The van der Waals surface area contributed by atoms with E-state index in [0.717, 1.165) is 35.6 Å². The summed E-state index contributed by atoms with van der Waals surface area (Å²) in [7, 11) is 0. The number of nitrogens with zero attached hydrogens (tertiary/aromatic N) is 4. The molecule has 0 aliphatic rings. The van der Waals surface area contributed by atoms with Crippen LogP contribution in [0.2, 0.25) is 0 Å². The van der Waals surface area contributed by atoms with Crippen molar-refractivity contribution in [1.82, 2.24) is 19.5 Å². The van der Waals surface area contributed by atoms with Crippen molar-refractivity contribution in [3.05, 3.63) is 71.8 Å². The normalized spacial score (nSPS) is 10.6. The van der Waals surface area contributed by atoms with Gasteiger partial charge in [-0.15, -0.1) is 0 Å². The Morgan fingerprint density at radius 2 is 2.08 bits per heavy atom. The monoisotopic (exact) mass is 335 g/mol. The number of benzene rings is 1. The number of rotatable bonds is 6. The van der Waals surface area contributed by atoms with Crippen LogP contribution in [0, 0.1) is 6.92 Å². The molecule has 25 heavy (non-hydrogen) atoms. The molecule has 0 radical (unpaired) electrons. The molecule has 0 bridgehead atoms. The third-order valence-corrected chi connectivity index (χ3v) is 4.06. The van der Waals surface area contributed by atoms with Crippen molar-refractivity contribution in [2.45, 2.75) is 33.2 Å². The second-order valence-corrected chi connectivity index (χ2v) is 5.85. The first kappa shape index (κ1) is 16.8. The summed E-state index contributed by atoms with van der Waals surface area (Å²) in [5, 5.41) is 3.00. The highest BCUT2D eigenvalue weighted by molar-refractivity contribution is 6.05. The smallest absolute Gasteiger partial charge is 0.259 e. The fraction of sp³-hybridized carbons (Fsp3) is 0.263. The lowest BCUT2D eigenvalue weighted by Gasteiger charge is -2.13. The lowest BCUT2D eigenvalue weighted by molar-refractivity contribution is 0.102. The summed E-state index contributed by atoms with van der Waals surface area (Å²) in [6, 6.07) is 7.78. The Labute approximate surface area is 147 Å². The van der Waals surface area contributed by atoms with E-state index in [1.54, 1.807) is 12.4 Å². The standard InChI is InChI=1S/C19H21N5O/c1-3-6-18-16(11-20-13-22-18)19(25)23-17-8-5-4-7-15(17)12-24-10-9-21-14(24)2/h4-5,7-11,13H,3,6,12H2,1-2H3,(H,23,25). The van der Waals surface area contributed by atoms with Gasteiger partial charge in [0.25, 0.3) is 5.91 Å². The zero-order valence-electron chi connectivity index (χ0n) is 14.4. The topological polar surface area (TPSA) is 72.7 Å². The number of hydrogen-bond donors (Lipinski definition) is 1. The highest BCUT2D eigenvalue weighted by Gasteiger charge is 2.14. The number of hydrogen-bond acceptors (Lipinski definition) is 4. The van der Waals surface area contributed by atoms with Crippen molar-refractivity contribution in [3.63, 3.8) is 0 Å². The summed E-state index contributed by atoms with van der Waals surface area (Å²) in [6.45, 7) is 4.67. The van der Waals surface area contributed by atoms with Crippen molar-refractivity contribution in [2.24, 2.45) is 0 Å². The number of para-hydroxylation sites is 1. The van der Waals surface area contributed by atoms with Gasteiger partial charge in [-0.25, -0.2) is 15.0 Å². The molecule has 1 N–H and O–H groups in total. The first-order valence-corrected chi connectivity index (χ1v) is 8.35. The van der Waals surface area contributed by atoms with Crippen LogP contribution < -0.4 is 5.32 Å². The molecule has 6 nitrogen and oxygen atoms in total. The summed E-state index contributed by atoms with van der Waals surface area (Å²) in [4.78, 5) is 25.2. The van der Waals surface area contributed by atoms with Gasteiger partial charge in [-0.1, -0.05) is 31.5 Å². The van der Waals surface area contributed by atoms with Crippen LogP contribution in [-0.4, -0.2) is 25.4 Å². The Morgan fingerprint density at radius 1 is 1.24 bits per heavy atom. The molecule has 0 atom stereocenters. The Bertz CT molecular complexity index is 872. The quantitative estimate of drug-likeness (QED) is 0.750. The van der Waals surface area contributed by atoms with E-state index in [1.807, 2.05) is 42.0 Å². The molecule has 0 saturated carbocycles. The zero-order valence-corrected chi connectivity index (χ0v) is 14.4. The molecule has 0 fully saturated rings. The molecule has 128 valence electrons. The van der Waals surface area contributed by atoms with E-state index < -0.39 is 0 Å². The number of aryl methyl sites for hydroxylation is 2. The summed E-state index contributed by atoms with van der Waals surface area (Å²) in [6.07, 6.45) is 8.44. The van der Waals surface area contributed by atoms with E-state index in [1.165, 1.54) is 6.33 Å². The molecular weight excluding hydrogens is 314 g/mol.